The standard InChI is InChI=1S/C20H23N7O/c1-15-12-21-16(2)19(24-15)25-8-5-9-26(11-10-25)20(28)17-6-3-4-7-18(17)27-13-22-23-14-27/h3-4,6-7,12-14H,5,8-11H2,1-2H3. The van der Waals surface area contributed by atoms with E-state index in [4.69, 9.17) is 0 Å². The molecule has 1 amide bonds. The zero-order valence-corrected chi connectivity index (χ0v) is 16.1. The van der Waals surface area contributed by atoms with Crippen LogP contribution in [0, 0.1) is 13.8 Å². The highest BCUT2D eigenvalue weighted by Crippen LogP contribution is 2.20. The molecule has 0 atom stereocenters. The number of aromatic nitrogens is 5. The van der Waals surface area contributed by atoms with Crippen LogP contribution in [-0.2, 0) is 0 Å². The van der Waals surface area contributed by atoms with E-state index in [1.807, 2.05) is 43.0 Å². The number of aryl methyl sites for hydroxylation is 2. The smallest absolute Gasteiger partial charge is 0.256 e. The monoisotopic (exact) mass is 377 g/mol. The van der Waals surface area contributed by atoms with Crippen molar-refractivity contribution < 1.29 is 4.79 Å². The Hall–Kier alpha value is -3.29. The summed E-state index contributed by atoms with van der Waals surface area (Å²) < 4.78 is 1.77. The molecule has 8 heteroatoms. The second-order valence-electron chi connectivity index (χ2n) is 6.94. The molecule has 1 aliphatic heterocycles. The molecule has 1 aromatic carbocycles. The van der Waals surface area contributed by atoms with Gasteiger partial charge in [0.2, 0.25) is 0 Å². The molecule has 144 valence electrons. The minimum Gasteiger partial charge on any atom is -0.353 e. The molecular formula is C20H23N7O. The summed E-state index contributed by atoms with van der Waals surface area (Å²) in [5, 5.41) is 7.71. The minimum atomic E-state index is 0.0261. The van der Waals surface area contributed by atoms with Crippen molar-refractivity contribution in [2.45, 2.75) is 20.3 Å². The molecule has 0 radical (unpaired) electrons. The summed E-state index contributed by atoms with van der Waals surface area (Å²) in [5.74, 6) is 0.942. The Morgan fingerprint density at radius 3 is 2.61 bits per heavy atom. The highest BCUT2D eigenvalue weighted by atomic mass is 16.2. The van der Waals surface area contributed by atoms with Gasteiger partial charge in [-0.2, -0.15) is 0 Å². The predicted octanol–water partition coefficient (Wildman–Crippen LogP) is 2.03. The molecular weight excluding hydrogens is 354 g/mol. The van der Waals surface area contributed by atoms with Gasteiger partial charge in [-0.25, -0.2) is 4.98 Å². The maximum absolute atomic E-state index is 13.3. The van der Waals surface area contributed by atoms with Crippen LogP contribution in [0.1, 0.15) is 28.2 Å². The number of carbonyl (C=O) groups excluding carboxylic acids is 1. The molecule has 0 N–H and O–H groups in total. The van der Waals surface area contributed by atoms with Gasteiger partial charge in [0.05, 0.1) is 22.6 Å². The third kappa shape index (κ3) is 3.58. The molecule has 3 heterocycles. The maximum atomic E-state index is 13.3. The zero-order valence-electron chi connectivity index (χ0n) is 16.1. The van der Waals surface area contributed by atoms with Gasteiger partial charge in [0.25, 0.3) is 5.91 Å². The van der Waals surface area contributed by atoms with Crippen LogP contribution in [0.4, 0.5) is 5.82 Å². The molecule has 0 saturated carbocycles. The van der Waals surface area contributed by atoms with Crippen LogP contribution in [0.2, 0.25) is 0 Å². The van der Waals surface area contributed by atoms with Crippen molar-refractivity contribution in [2.75, 3.05) is 31.1 Å². The number of benzene rings is 1. The SMILES string of the molecule is Cc1cnc(C)c(N2CCCN(C(=O)c3ccccc3-n3cnnc3)CC2)n1. The van der Waals surface area contributed by atoms with Gasteiger partial charge in [-0.15, -0.1) is 10.2 Å². The molecule has 0 bridgehead atoms. The average molecular weight is 377 g/mol. The lowest BCUT2D eigenvalue weighted by atomic mass is 10.1. The number of amides is 1. The van der Waals surface area contributed by atoms with E-state index in [2.05, 4.69) is 25.1 Å². The first-order valence-electron chi connectivity index (χ1n) is 9.42. The fourth-order valence-corrected chi connectivity index (χ4v) is 3.53. The Morgan fingerprint density at radius 1 is 1.00 bits per heavy atom. The van der Waals surface area contributed by atoms with Gasteiger partial charge in [0, 0.05) is 32.4 Å². The normalized spacial score (nSPS) is 14.8. The van der Waals surface area contributed by atoms with Crippen molar-refractivity contribution in [3.8, 4) is 5.69 Å². The van der Waals surface area contributed by atoms with Crippen molar-refractivity contribution in [3.05, 3.63) is 60.1 Å². The third-order valence-corrected chi connectivity index (χ3v) is 4.96. The van der Waals surface area contributed by atoms with Gasteiger partial charge in [0.1, 0.15) is 18.5 Å². The van der Waals surface area contributed by atoms with Gasteiger partial charge < -0.3 is 9.80 Å². The summed E-state index contributed by atoms with van der Waals surface area (Å²) >= 11 is 0. The van der Waals surface area contributed by atoms with Crippen molar-refractivity contribution in [1.29, 1.82) is 0 Å². The van der Waals surface area contributed by atoms with Crippen LogP contribution < -0.4 is 4.90 Å². The van der Waals surface area contributed by atoms with E-state index < -0.39 is 0 Å². The lowest BCUT2D eigenvalue weighted by Crippen LogP contribution is -2.36. The van der Waals surface area contributed by atoms with E-state index in [0.29, 0.717) is 18.7 Å². The Morgan fingerprint density at radius 2 is 1.79 bits per heavy atom. The number of hydrogen-bond donors (Lipinski definition) is 0. The second-order valence-corrected chi connectivity index (χ2v) is 6.94. The van der Waals surface area contributed by atoms with E-state index in [9.17, 15) is 4.79 Å². The number of para-hydroxylation sites is 1. The summed E-state index contributed by atoms with van der Waals surface area (Å²) in [7, 11) is 0. The van der Waals surface area contributed by atoms with Crippen molar-refractivity contribution in [1.82, 2.24) is 29.6 Å². The van der Waals surface area contributed by atoms with E-state index in [1.165, 1.54) is 0 Å². The van der Waals surface area contributed by atoms with Crippen LogP contribution in [0.5, 0.6) is 0 Å². The number of anilines is 1. The summed E-state index contributed by atoms with van der Waals surface area (Å²) in [5.41, 5.74) is 3.27. The molecule has 0 unspecified atom stereocenters. The van der Waals surface area contributed by atoms with Crippen LogP contribution >= 0.6 is 0 Å². The third-order valence-electron chi connectivity index (χ3n) is 4.96. The fourth-order valence-electron chi connectivity index (χ4n) is 3.53. The quantitative estimate of drug-likeness (QED) is 0.695. The van der Waals surface area contributed by atoms with Crippen LogP contribution in [0.3, 0.4) is 0 Å². The molecule has 8 nitrogen and oxygen atoms in total. The van der Waals surface area contributed by atoms with Gasteiger partial charge in [-0.1, -0.05) is 12.1 Å². The van der Waals surface area contributed by atoms with E-state index in [-0.39, 0.29) is 5.91 Å². The van der Waals surface area contributed by atoms with E-state index in [1.54, 1.807) is 23.4 Å². The summed E-state index contributed by atoms with van der Waals surface area (Å²) in [6, 6.07) is 7.56. The van der Waals surface area contributed by atoms with Crippen molar-refractivity contribution in [2.24, 2.45) is 0 Å². The second kappa shape index (κ2) is 7.75. The molecule has 4 rings (SSSR count). The minimum absolute atomic E-state index is 0.0261. The number of hydrogen-bond acceptors (Lipinski definition) is 6. The highest BCUT2D eigenvalue weighted by Gasteiger charge is 2.24. The first-order chi connectivity index (χ1) is 13.6. The van der Waals surface area contributed by atoms with Gasteiger partial charge in [-0.3, -0.25) is 14.3 Å². The van der Waals surface area contributed by atoms with Crippen LogP contribution in [0.15, 0.2) is 43.1 Å². The Bertz CT molecular complexity index is 970. The largest absolute Gasteiger partial charge is 0.353 e. The predicted molar refractivity (Wildman–Crippen MR) is 106 cm³/mol. The Balaban J connectivity index is 1.54. The van der Waals surface area contributed by atoms with Gasteiger partial charge in [0.15, 0.2) is 0 Å². The van der Waals surface area contributed by atoms with E-state index in [0.717, 1.165) is 42.4 Å². The zero-order chi connectivity index (χ0) is 19.5. The first-order valence-corrected chi connectivity index (χ1v) is 9.42. The number of carbonyl (C=O) groups is 1. The average Bonchev–Trinajstić information content (AvgIpc) is 3.14. The molecule has 3 aromatic rings. The summed E-state index contributed by atoms with van der Waals surface area (Å²) in [6.45, 7) is 6.88. The summed E-state index contributed by atoms with van der Waals surface area (Å²) in [4.78, 5) is 26.5. The van der Waals surface area contributed by atoms with Crippen molar-refractivity contribution in [3.63, 3.8) is 0 Å². The highest BCUT2D eigenvalue weighted by molar-refractivity contribution is 5.97. The maximum Gasteiger partial charge on any atom is 0.256 e. The molecule has 1 fully saturated rings. The molecule has 1 saturated heterocycles. The topological polar surface area (TPSA) is 80.0 Å². The molecule has 1 aliphatic rings. The molecule has 2 aromatic heterocycles. The Kier molecular flexibility index (Phi) is 5.01. The molecule has 0 spiro atoms. The summed E-state index contributed by atoms with van der Waals surface area (Å²) in [6.07, 6.45) is 5.88. The van der Waals surface area contributed by atoms with Crippen molar-refractivity contribution >= 4 is 11.7 Å². The first kappa shape index (κ1) is 18.1. The number of rotatable bonds is 3. The van der Waals surface area contributed by atoms with Gasteiger partial charge in [-0.05, 0) is 32.4 Å². The molecule has 0 aliphatic carbocycles. The lowest BCUT2D eigenvalue weighted by Gasteiger charge is -2.24. The van der Waals surface area contributed by atoms with Gasteiger partial charge >= 0.3 is 0 Å². The number of nitrogens with zero attached hydrogens (tertiary/aromatic N) is 7. The fraction of sp³-hybridized carbons (Fsp3) is 0.350. The van der Waals surface area contributed by atoms with E-state index >= 15 is 0 Å². The Labute approximate surface area is 163 Å². The lowest BCUT2D eigenvalue weighted by molar-refractivity contribution is 0.0767. The van der Waals surface area contributed by atoms with Crippen LogP contribution in [-0.4, -0.2) is 61.7 Å². The molecule has 28 heavy (non-hydrogen) atoms. The van der Waals surface area contributed by atoms with Crippen LogP contribution in [0.25, 0.3) is 5.69 Å².